The predicted octanol–water partition coefficient (Wildman–Crippen LogP) is 2.09. The summed E-state index contributed by atoms with van der Waals surface area (Å²) < 4.78 is 0. The molecule has 20 heavy (non-hydrogen) atoms. The van der Waals surface area contributed by atoms with Crippen molar-refractivity contribution in [3.05, 3.63) is 17.0 Å². The van der Waals surface area contributed by atoms with Crippen LogP contribution in [-0.2, 0) is 0 Å². The highest BCUT2D eigenvalue weighted by Crippen LogP contribution is 2.33. The van der Waals surface area contributed by atoms with E-state index in [2.05, 4.69) is 22.4 Å². The Bertz CT molecular complexity index is 454. The summed E-state index contributed by atoms with van der Waals surface area (Å²) in [6.07, 6.45) is 4.82. The second-order valence-corrected chi connectivity index (χ2v) is 6.07. The molecule has 0 radical (unpaired) electrons. The molecule has 0 aromatic carbocycles. The number of nitrogens with one attached hydrogen (secondary N) is 2. The highest BCUT2D eigenvalue weighted by atomic mass is 16.3. The second-order valence-electron chi connectivity index (χ2n) is 6.07. The van der Waals surface area contributed by atoms with Crippen molar-refractivity contribution in [1.82, 2.24) is 15.5 Å². The van der Waals surface area contributed by atoms with Gasteiger partial charge in [-0.1, -0.05) is 13.3 Å². The van der Waals surface area contributed by atoms with Gasteiger partial charge in [0.1, 0.15) is 0 Å². The molecule has 1 aromatic heterocycles. The number of carbonyl (C=O) groups excluding carboxylic acids is 1. The summed E-state index contributed by atoms with van der Waals surface area (Å²) in [6, 6.07) is 0. The molecule has 1 heterocycles. The summed E-state index contributed by atoms with van der Waals surface area (Å²) >= 11 is 0. The summed E-state index contributed by atoms with van der Waals surface area (Å²) in [5, 5.41) is 20.2. The van der Waals surface area contributed by atoms with E-state index in [0.29, 0.717) is 17.8 Å². The Morgan fingerprint density at radius 1 is 1.45 bits per heavy atom. The molecule has 0 atom stereocenters. The van der Waals surface area contributed by atoms with Gasteiger partial charge in [-0.15, -0.1) is 0 Å². The number of aryl methyl sites for hydroxylation is 2. The first-order valence-electron chi connectivity index (χ1n) is 7.47. The molecule has 0 unspecified atom stereocenters. The van der Waals surface area contributed by atoms with E-state index in [9.17, 15) is 9.90 Å². The Labute approximate surface area is 120 Å². The number of rotatable bonds is 4. The van der Waals surface area contributed by atoms with Crippen LogP contribution in [0.15, 0.2) is 0 Å². The first-order chi connectivity index (χ1) is 9.45. The SMILES string of the molecule is CCC1CCC(O)(CNC(=O)c2c(C)n[nH]c2C)CC1. The second kappa shape index (κ2) is 5.95. The zero-order valence-corrected chi connectivity index (χ0v) is 12.6. The summed E-state index contributed by atoms with van der Waals surface area (Å²) in [5.74, 6) is 0.573. The van der Waals surface area contributed by atoms with Crippen molar-refractivity contribution in [1.29, 1.82) is 0 Å². The maximum Gasteiger partial charge on any atom is 0.255 e. The summed E-state index contributed by atoms with van der Waals surface area (Å²) in [4.78, 5) is 12.2. The van der Waals surface area contributed by atoms with Crippen molar-refractivity contribution in [2.24, 2.45) is 5.92 Å². The van der Waals surface area contributed by atoms with Crippen molar-refractivity contribution in [3.8, 4) is 0 Å². The fourth-order valence-corrected chi connectivity index (χ4v) is 3.02. The molecule has 112 valence electrons. The molecule has 5 nitrogen and oxygen atoms in total. The van der Waals surface area contributed by atoms with Gasteiger partial charge in [-0.2, -0.15) is 5.10 Å². The van der Waals surface area contributed by atoms with E-state index in [0.717, 1.165) is 37.3 Å². The molecule has 1 aliphatic carbocycles. The third kappa shape index (κ3) is 3.20. The number of H-pyrrole nitrogens is 1. The largest absolute Gasteiger partial charge is 0.388 e. The number of aromatic nitrogens is 2. The first kappa shape index (κ1) is 15.0. The van der Waals surface area contributed by atoms with Crippen LogP contribution in [0, 0.1) is 19.8 Å². The third-order valence-electron chi connectivity index (χ3n) is 4.55. The molecular formula is C15H25N3O2. The molecule has 1 fully saturated rings. The smallest absolute Gasteiger partial charge is 0.255 e. The number of aliphatic hydroxyl groups is 1. The van der Waals surface area contributed by atoms with Gasteiger partial charge in [-0.3, -0.25) is 9.89 Å². The van der Waals surface area contributed by atoms with Crippen LogP contribution in [0.4, 0.5) is 0 Å². The number of nitrogens with zero attached hydrogens (tertiary/aromatic N) is 1. The zero-order valence-electron chi connectivity index (χ0n) is 12.6. The van der Waals surface area contributed by atoms with Gasteiger partial charge < -0.3 is 10.4 Å². The van der Waals surface area contributed by atoms with E-state index in [1.807, 2.05) is 6.92 Å². The lowest BCUT2D eigenvalue weighted by atomic mass is 9.78. The molecule has 0 aliphatic heterocycles. The van der Waals surface area contributed by atoms with Crippen molar-refractivity contribution in [2.75, 3.05) is 6.54 Å². The minimum absolute atomic E-state index is 0.153. The Balaban J connectivity index is 1.91. The van der Waals surface area contributed by atoms with E-state index in [-0.39, 0.29) is 5.91 Å². The molecule has 1 aromatic rings. The van der Waals surface area contributed by atoms with Crippen molar-refractivity contribution in [2.45, 2.75) is 58.5 Å². The average molecular weight is 279 g/mol. The lowest BCUT2D eigenvalue weighted by molar-refractivity contribution is -0.00787. The van der Waals surface area contributed by atoms with Crippen LogP contribution in [0.5, 0.6) is 0 Å². The summed E-state index contributed by atoms with van der Waals surface area (Å²) in [7, 11) is 0. The molecule has 0 saturated heterocycles. The highest BCUT2D eigenvalue weighted by molar-refractivity contribution is 5.96. The van der Waals surface area contributed by atoms with Gasteiger partial charge >= 0.3 is 0 Å². The Morgan fingerprint density at radius 2 is 2.10 bits per heavy atom. The van der Waals surface area contributed by atoms with Gasteiger partial charge in [0.05, 0.1) is 16.9 Å². The first-order valence-corrected chi connectivity index (χ1v) is 7.47. The van der Waals surface area contributed by atoms with Crippen LogP contribution in [0.2, 0.25) is 0 Å². The fourth-order valence-electron chi connectivity index (χ4n) is 3.02. The Hall–Kier alpha value is -1.36. The molecule has 5 heteroatoms. The monoisotopic (exact) mass is 279 g/mol. The van der Waals surface area contributed by atoms with Crippen LogP contribution in [0.1, 0.15) is 60.8 Å². The Kier molecular flexibility index (Phi) is 4.48. The third-order valence-corrected chi connectivity index (χ3v) is 4.55. The molecule has 1 saturated carbocycles. The van der Waals surface area contributed by atoms with Crippen molar-refractivity contribution < 1.29 is 9.90 Å². The average Bonchev–Trinajstić information content (AvgIpc) is 2.77. The lowest BCUT2D eigenvalue weighted by Crippen LogP contribution is -2.45. The number of amides is 1. The maximum atomic E-state index is 12.2. The quantitative estimate of drug-likeness (QED) is 0.789. The van der Waals surface area contributed by atoms with Crippen LogP contribution in [0.3, 0.4) is 0 Å². The van der Waals surface area contributed by atoms with Gasteiger partial charge in [0.15, 0.2) is 0 Å². The summed E-state index contributed by atoms with van der Waals surface area (Å²) in [5.41, 5.74) is 1.31. The van der Waals surface area contributed by atoms with Gasteiger partial charge in [0.25, 0.3) is 5.91 Å². The molecule has 3 N–H and O–H groups in total. The van der Waals surface area contributed by atoms with E-state index in [4.69, 9.17) is 0 Å². The van der Waals surface area contributed by atoms with Gasteiger partial charge in [-0.25, -0.2) is 0 Å². The standard InChI is InChI=1S/C15H25N3O2/c1-4-12-5-7-15(20,8-6-12)9-16-14(19)13-10(2)17-18-11(13)3/h12,20H,4-9H2,1-3H3,(H,16,19)(H,17,18). The van der Waals surface area contributed by atoms with E-state index in [1.165, 1.54) is 6.42 Å². The van der Waals surface area contributed by atoms with Gasteiger partial charge in [0.2, 0.25) is 0 Å². The molecule has 1 amide bonds. The maximum absolute atomic E-state index is 12.2. The number of aromatic amines is 1. The zero-order chi connectivity index (χ0) is 14.8. The Morgan fingerprint density at radius 3 is 2.60 bits per heavy atom. The number of hydrogen-bond donors (Lipinski definition) is 3. The highest BCUT2D eigenvalue weighted by Gasteiger charge is 2.33. The topological polar surface area (TPSA) is 78.0 Å². The normalized spacial score (nSPS) is 26.5. The number of carbonyl (C=O) groups is 1. The molecule has 0 spiro atoms. The lowest BCUT2D eigenvalue weighted by Gasteiger charge is -2.35. The van der Waals surface area contributed by atoms with Gasteiger partial charge in [0, 0.05) is 12.2 Å². The molecule has 1 aliphatic rings. The van der Waals surface area contributed by atoms with Crippen LogP contribution in [0.25, 0.3) is 0 Å². The van der Waals surface area contributed by atoms with Crippen molar-refractivity contribution in [3.63, 3.8) is 0 Å². The number of hydrogen-bond acceptors (Lipinski definition) is 3. The van der Waals surface area contributed by atoms with Crippen LogP contribution in [-0.4, -0.2) is 33.4 Å². The molecule has 0 bridgehead atoms. The molecular weight excluding hydrogens is 254 g/mol. The van der Waals surface area contributed by atoms with E-state index in [1.54, 1.807) is 6.92 Å². The molecule has 2 rings (SSSR count). The van der Waals surface area contributed by atoms with Gasteiger partial charge in [-0.05, 0) is 45.4 Å². The summed E-state index contributed by atoms with van der Waals surface area (Å²) in [6.45, 7) is 6.16. The van der Waals surface area contributed by atoms with Crippen molar-refractivity contribution >= 4 is 5.91 Å². The minimum atomic E-state index is -0.743. The predicted molar refractivity (Wildman–Crippen MR) is 77.6 cm³/mol. The fraction of sp³-hybridized carbons (Fsp3) is 0.733. The van der Waals surface area contributed by atoms with E-state index < -0.39 is 5.60 Å². The van der Waals surface area contributed by atoms with Crippen LogP contribution < -0.4 is 5.32 Å². The van der Waals surface area contributed by atoms with Crippen LogP contribution >= 0.6 is 0 Å². The van der Waals surface area contributed by atoms with E-state index >= 15 is 0 Å². The minimum Gasteiger partial charge on any atom is -0.388 e.